The van der Waals surface area contributed by atoms with E-state index in [2.05, 4.69) is 9.88 Å². The van der Waals surface area contributed by atoms with Crippen LogP contribution in [0.2, 0.25) is 0 Å². The number of aromatic nitrogens is 1. The lowest BCUT2D eigenvalue weighted by Gasteiger charge is -2.14. The molecule has 1 aliphatic heterocycles. The van der Waals surface area contributed by atoms with Crippen LogP contribution in [0.15, 0.2) is 18.2 Å². The molecule has 1 aliphatic rings. The van der Waals surface area contributed by atoms with Gasteiger partial charge in [-0.25, -0.2) is 4.98 Å². The van der Waals surface area contributed by atoms with Crippen molar-refractivity contribution < 1.29 is 4.74 Å². The SMILES string of the molecule is NC(=S)c1cccc(OCCN2CCCC2)n1. The summed E-state index contributed by atoms with van der Waals surface area (Å²) in [6.07, 6.45) is 2.60. The average molecular weight is 251 g/mol. The fourth-order valence-electron chi connectivity index (χ4n) is 1.92. The molecule has 2 N–H and O–H groups in total. The smallest absolute Gasteiger partial charge is 0.213 e. The molecule has 0 bridgehead atoms. The van der Waals surface area contributed by atoms with Gasteiger partial charge in [0.1, 0.15) is 17.3 Å². The number of likely N-dealkylation sites (tertiary alicyclic amines) is 1. The van der Waals surface area contributed by atoms with Crippen molar-refractivity contribution in [3.63, 3.8) is 0 Å². The Morgan fingerprint density at radius 1 is 1.41 bits per heavy atom. The number of nitrogens with two attached hydrogens (primary N) is 1. The van der Waals surface area contributed by atoms with Crippen molar-refractivity contribution in [2.75, 3.05) is 26.2 Å². The molecule has 0 spiro atoms. The summed E-state index contributed by atoms with van der Waals surface area (Å²) in [5.41, 5.74) is 6.13. The van der Waals surface area contributed by atoms with Gasteiger partial charge in [-0.3, -0.25) is 4.90 Å². The summed E-state index contributed by atoms with van der Waals surface area (Å²) in [5.74, 6) is 0.592. The van der Waals surface area contributed by atoms with E-state index in [1.807, 2.05) is 12.1 Å². The quantitative estimate of drug-likeness (QED) is 0.797. The van der Waals surface area contributed by atoms with Gasteiger partial charge in [-0.05, 0) is 32.0 Å². The summed E-state index contributed by atoms with van der Waals surface area (Å²) < 4.78 is 5.59. The van der Waals surface area contributed by atoms with Crippen LogP contribution in [0.4, 0.5) is 0 Å². The fraction of sp³-hybridized carbons (Fsp3) is 0.500. The van der Waals surface area contributed by atoms with Gasteiger partial charge in [0.05, 0.1) is 0 Å². The number of ether oxygens (including phenoxy) is 1. The Bertz CT molecular complexity index is 391. The minimum Gasteiger partial charge on any atom is -0.476 e. The second kappa shape index (κ2) is 5.93. The zero-order valence-electron chi connectivity index (χ0n) is 9.76. The average Bonchev–Trinajstić information content (AvgIpc) is 2.82. The summed E-state index contributed by atoms with van der Waals surface area (Å²) in [4.78, 5) is 6.93. The Labute approximate surface area is 107 Å². The molecule has 2 rings (SSSR count). The zero-order chi connectivity index (χ0) is 12.1. The first-order valence-electron chi connectivity index (χ1n) is 5.88. The van der Waals surface area contributed by atoms with Crippen molar-refractivity contribution in [2.24, 2.45) is 5.73 Å². The monoisotopic (exact) mass is 251 g/mol. The van der Waals surface area contributed by atoms with Gasteiger partial charge < -0.3 is 10.5 Å². The van der Waals surface area contributed by atoms with Crippen LogP contribution in [0.5, 0.6) is 5.88 Å². The van der Waals surface area contributed by atoms with E-state index in [4.69, 9.17) is 22.7 Å². The molecule has 2 heterocycles. The molecule has 4 nitrogen and oxygen atoms in total. The van der Waals surface area contributed by atoms with Gasteiger partial charge in [-0.2, -0.15) is 0 Å². The van der Waals surface area contributed by atoms with Crippen LogP contribution in [-0.4, -0.2) is 41.1 Å². The number of thiocarbonyl (C=S) groups is 1. The Morgan fingerprint density at radius 2 is 2.18 bits per heavy atom. The number of hydrogen-bond donors (Lipinski definition) is 1. The lowest BCUT2D eigenvalue weighted by molar-refractivity contribution is 0.232. The van der Waals surface area contributed by atoms with Gasteiger partial charge in [-0.15, -0.1) is 0 Å². The van der Waals surface area contributed by atoms with Crippen LogP contribution < -0.4 is 10.5 Å². The molecule has 0 unspecified atom stereocenters. The van der Waals surface area contributed by atoms with E-state index in [0.29, 0.717) is 23.2 Å². The third-order valence-electron chi connectivity index (χ3n) is 2.83. The van der Waals surface area contributed by atoms with Crippen LogP contribution in [0, 0.1) is 0 Å². The second-order valence-electron chi connectivity index (χ2n) is 4.12. The number of rotatable bonds is 5. The predicted molar refractivity (Wildman–Crippen MR) is 71.3 cm³/mol. The van der Waals surface area contributed by atoms with E-state index in [1.54, 1.807) is 6.07 Å². The molecular formula is C12H17N3OS. The summed E-state index contributed by atoms with van der Waals surface area (Å²) in [6, 6.07) is 5.47. The Balaban J connectivity index is 1.81. The Morgan fingerprint density at radius 3 is 2.88 bits per heavy atom. The van der Waals surface area contributed by atoms with E-state index in [0.717, 1.165) is 6.54 Å². The minimum atomic E-state index is 0.301. The number of hydrogen-bond acceptors (Lipinski definition) is 4. The predicted octanol–water partition coefficient (Wildman–Crippen LogP) is 1.19. The highest BCUT2D eigenvalue weighted by atomic mass is 32.1. The van der Waals surface area contributed by atoms with E-state index >= 15 is 0 Å². The maximum absolute atomic E-state index is 5.59. The Hall–Kier alpha value is -1.20. The largest absolute Gasteiger partial charge is 0.476 e. The van der Waals surface area contributed by atoms with Gasteiger partial charge in [0, 0.05) is 12.6 Å². The van der Waals surface area contributed by atoms with Gasteiger partial charge in [-0.1, -0.05) is 18.3 Å². The molecule has 1 aromatic heterocycles. The van der Waals surface area contributed by atoms with E-state index in [-0.39, 0.29) is 0 Å². The van der Waals surface area contributed by atoms with Gasteiger partial charge in [0.2, 0.25) is 5.88 Å². The van der Waals surface area contributed by atoms with Crippen LogP contribution in [0.1, 0.15) is 18.5 Å². The van der Waals surface area contributed by atoms with Crippen LogP contribution in [-0.2, 0) is 0 Å². The second-order valence-corrected chi connectivity index (χ2v) is 4.56. The van der Waals surface area contributed by atoms with Crippen LogP contribution in [0.3, 0.4) is 0 Å². The van der Waals surface area contributed by atoms with Crippen molar-refractivity contribution in [2.45, 2.75) is 12.8 Å². The molecule has 1 saturated heterocycles. The number of nitrogens with zero attached hydrogens (tertiary/aromatic N) is 2. The lowest BCUT2D eigenvalue weighted by Crippen LogP contribution is -2.25. The molecule has 92 valence electrons. The molecular weight excluding hydrogens is 234 g/mol. The van der Waals surface area contributed by atoms with Crippen molar-refractivity contribution in [3.8, 4) is 5.88 Å². The molecule has 5 heteroatoms. The molecule has 1 fully saturated rings. The molecule has 0 radical (unpaired) electrons. The zero-order valence-corrected chi connectivity index (χ0v) is 10.6. The topological polar surface area (TPSA) is 51.4 Å². The maximum Gasteiger partial charge on any atom is 0.213 e. The third-order valence-corrected chi connectivity index (χ3v) is 3.04. The minimum absolute atomic E-state index is 0.301. The van der Waals surface area contributed by atoms with Crippen LogP contribution >= 0.6 is 12.2 Å². The van der Waals surface area contributed by atoms with E-state index in [9.17, 15) is 0 Å². The standard InChI is InChI=1S/C12H17N3OS/c13-12(17)10-4-3-5-11(14-10)16-9-8-15-6-1-2-7-15/h3-5H,1-2,6-9H2,(H2,13,17). The molecule has 0 atom stereocenters. The van der Waals surface area contributed by atoms with Crippen molar-refractivity contribution in [1.29, 1.82) is 0 Å². The molecule has 17 heavy (non-hydrogen) atoms. The van der Waals surface area contributed by atoms with Gasteiger partial charge in [0.15, 0.2) is 0 Å². The number of pyridine rings is 1. The normalized spacial score (nSPS) is 16.0. The highest BCUT2D eigenvalue weighted by Gasteiger charge is 2.10. The highest BCUT2D eigenvalue weighted by molar-refractivity contribution is 7.80. The van der Waals surface area contributed by atoms with Crippen molar-refractivity contribution >= 4 is 17.2 Å². The van der Waals surface area contributed by atoms with Gasteiger partial charge in [0.25, 0.3) is 0 Å². The van der Waals surface area contributed by atoms with Crippen molar-refractivity contribution in [3.05, 3.63) is 23.9 Å². The summed E-state index contributed by atoms with van der Waals surface area (Å²) in [7, 11) is 0. The Kier molecular flexibility index (Phi) is 4.28. The lowest BCUT2D eigenvalue weighted by atomic mass is 10.3. The first-order chi connectivity index (χ1) is 8.25. The maximum atomic E-state index is 5.59. The third kappa shape index (κ3) is 3.64. The first-order valence-corrected chi connectivity index (χ1v) is 6.28. The highest BCUT2D eigenvalue weighted by Crippen LogP contribution is 2.09. The molecule has 0 saturated carbocycles. The first kappa shape index (κ1) is 12.3. The summed E-state index contributed by atoms with van der Waals surface area (Å²) in [6.45, 7) is 3.99. The van der Waals surface area contributed by atoms with E-state index < -0.39 is 0 Å². The molecule has 0 amide bonds. The van der Waals surface area contributed by atoms with E-state index in [1.165, 1.54) is 25.9 Å². The molecule has 1 aromatic rings. The summed E-state index contributed by atoms with van der Waals surface area (Å²) in [5, 5.41) is 0. The van der Waals surface area contributed by atoms with Crippen LogP contribution in [0.25, 0.3) is 0 Å². The van der Waals surface area contributed by atoms with Gasteiger partial charge >= 0.3 is 0 Å². The molecule has 0 aliphatic carbocycles. The fourth-order valence-corrected chi connectivity index (χ4v) is 2.03. The molecule has 0 aromatic carbocycles. The summed E-state index contributed by atoms with van der Waals surface area (Å²) >= 11 is 4.87. The van der Waals surface area contributed by atoms with Crippen molar-refractivity contribution in [1.82, 2.24) is 9.88 Å².